The molecule has 15 heavy (non-hydrogen) atoms. The minimum Gasteiger partial charge on any atom is -0.445 e. The van der Waals surface area contributed by atoms with Gasteiger partial charge in [-0.1, -0.05) is 13.8 Å². The maximum absolute atomic E-state index is 5.71. The van der Waals surface area contributed by atoms with Crippen LogP contribution in [0.2, 0.25) is 0 Å². The Bertz CT molecular complexity index is 308. The summed E-state index contributed by atoms with van der Waals surface area (Å²) in [5.74, 6) is 3.42. The van der Waals surface area contributed by atoms with E-state index >= 15 is 0 Å². The normalized spacial score (nSPS) is 24.4. The third-order valence-electron chi connectivity index (χ3n) is 2.99. The summed E-state index contributed by atoms with van der Waals surface area (Å²) in [5.41, 5.74) is 0. The quantitative estimate of drug-likeness (QED) is 0.729. The predicted octanol–water partition coefficient (Wildman–Crippen LogP) is 2.34. The largest absolute Gasteiger partial charge is 0.445 e. The van der Waals surface area contributed by atoms with Crippen LogP contribution in [-0.2, 0) is 6.42 Å². The molecule has 1 aliphatic rings. The van der Waals surface area contributed by atoms with Crippen LogP contribution in [-0.4, -0.2) is 18.1 Å². The number of oxazole rings is 1. The molecule has 2 atom stereocenters. The van der Waals surface area contributed by atoms with Crippen molar-refractivity contribution in [2.45, 2.75) is 39.0 Å². The van der Waals surface area contributed by atoms with E-state index in [1.165, 1.54) is 12.8 Å². The molecule has 0 aromatic carbocycles. The van der Waals surface area contributed by atoms with Crippen LogP contribution < -0.4 is 5.32 Å². The number of hydrogen-bond acceptors (Lipinski definition) is 3. The van der Waals surface area contributed by atoms with Crippen molar-refractivity contribution in [3.8, 4) is 0 Å². The lowest BCUT2D eigenvalue weighted by atomic mass is 10.3. The molecule has 0 bridgehead atoms. The van der Waals surface area contributed by atoms with Gasteiger partial charge in [-0.05, 0) is 25.3 Å². The molecule has 1 N–H and O–H groups in total. The van der Waals surface area contributed by atoms with Crippen LogP contribution in [0.1, 0.15) is 44.3 Å². The first-order valence-corrected chi connectivity index (χ1v) is 5.96. The van der Waals surface area contributed by atoms with Crippen molar-refractivity contribution in [3.05, 3.63) is 17.8 Å². The first-order valence-electron chi connectivity index (χ1n) is 5.96. The van der Waals surface area contributed by atoms with Crippen molar-refractivity contribution in [2.24, 2.45) is 5.92 Å². The van der Waals surface area contributed by atoms with Crippen LogP contribution in [0.15, 0.2) is 10.6 Å². The molecule has 0 aliphatic heterocycles. The number of hydrogen-bond donors (Lipinski definition) is 1. The average molecular weight is 208 g/mol. The van der Waals surface area contributed by atoms with E-state index in [0.717, 1.165) is 37.1 Å². The highest BCUT2D eigenvalue weighted by atomic mass is 16.4. The summed E-state index contributed by atoms with van der Waals surface area (Å²) >= 11 is 0. The van der Waals surface area contributed by atoms with Gasteiger partial charge in [0.05, 0.1) is 6.20 Å². The van der Waals surface area contributed by atoms with Gasteiger partial charge in [-0.15, -0.1) is 0 Å². The van der Waals surface area contributed by atoms with Gasteiger partial charge in [-0.25, -0.2) is 4.98 Å². The van der Waals surface area contributed by atoms with E-state index in [1.54, 1.807) is 0 Å². The van der Waals surface area contributed by atoms with Crippen LogP contribution in [0, 0.1) is 5.92 Å². The van der Waals surface area contributed by atoms with Crippen molar-refractivity contribution in [1.82, 2.24) is 10.3 Å². The lowest BCUT2D eigenvalue weighted by molar-refractivity contribution is 0.446. The molecule has 1 saturated carbocycles. The Morgan fingerprint density at radius 1 is 1.53 bits per heavy atom. The number of aromatic nitrogens is 1. The van der Waals surface area contributed by atoms with Gasteiger partial charge in [-0.3, -0.25) is 0 Å². The zero-order valence-corrected chi connectivity index (χ0v) is 9.62. The fourth-order valence-corrected chi connectivity index (χ4v) is 1.83. The van der Waals surface area contributed by atoms with E-state index in [2.05, 4.69) is 24.1 Å². The summed E-state index contributed by atoms with van der Waals surface area (Å²) in [5, 5.41) is 3.35. The molecule has 1 aliphatic carbocycles. The van der Waals surface area contributed by atoms with Gasteiger partial charge in [0.25, 0.3) is 0 Å². The summed E-state index contributed by atoms with van der Waals surface area (Å²) in [7, 11) is 0. The second-order valence-electron chi connectivity index (χ2n) is 4.48. The Morgan fingerprint density at radius 3 is 3.00 bits per heavy atom. The molecule has 0 radical (unpaired) electrons. The molecule has 1 aromatic rings. The van der Waals surface area contributed by atoms with Crippen molar-refractivity contribution >= 4 is 0 Å². The minimum atomic E-state index is 0.648. The Kier molecular flexibility index (Phi) is 3.41. The molecular formula is C12H20N2O. The molecular weight excluding hydrogens is 188 g/mol. The monoisotopic (exact) mass is 208 g/mol. The van der Waals surface area contributed by atoms with E-state index in [9.17, 15) is 0 Å². The summed E-state index contributed by atoms with van der Waals surface area (Å²) in [6.45, 7) is 6.47. The SMILES string of the molecule is CCCNCCc1ncc(C2CC2C)o1. The maximum atomic E-state index is 5.71. The standard InChI is InChI=1S/C12H20N2O/c1-3-5-13-6-4-12-14-8-11(15-12)10-7-9(10)2/h8-10,13H,3-7H2,1-2H3. The van der Waals surface area contributed by atoms with Crippen LogP contribution >= 0.6 is 0 Å². The molecule has 2 unspecified atom stereocenters. The Hall–Kier alpha value is -0.830. The summed E-state index contributed by atoms with van der Waals surface area (Å²) in [4.78, 5) is 4.30. The molecule has 1 fully saturated rings. The molecule has 0 saturated heterocycles. The smallest absolute Gasteiger partial charge is 0.195 e. The highest BCUT2D eigenvalue weighted by Crippen LogP contribution is 2.46. The lowest BCUT2D eigenvalue weighted by Gasteiger charge is -1.99. The van der Waals surface area contributed by atoms with E-state index in [4.69, 9.17) is 4.42 Å². The average Bonchev–Trinajstić information content (AvgIpc) is 2.80. The summed E-state index contributed by atoms with van der Waals surface area (Å²) in [6.07, 6.45) is 5.25. The van der Waals surface area contributed by atoms with Crippen molar-refractivity contribution in [3.63, 3.8) is 0 Å². The first-order chi connectivity index (χ1) is 7.31. The fourth-order valence-electron chi connectivity index (χ4n) is 1.83. The molecule has 3 nitrogen and oxygen atoms in total. The number of rotatable bonds is 6. The molecule has 3 heteroatoms. The third-order valence-corrected chi connectivity index (χ3v) is 2.99. The van der Waals surface area contributed by atoms with Crippen LogP contribution in [0.4, 0.5) is 0 Å². The van der Waals surface area contributed by atoms with Crippen molar-refractivity contribution in [1.29, 1.82) is 0 Å². The zero-order valence-electron chi connectivity index (χ0n) is 9.62. The van der Waals surface area contributed by atoms with Crippen LogP contribution in [0.5, 0.6) is 0 Å². The topological polar surface area (TPSA) is 38.1 Å². The number of nitrogens with zero attached hydrogens (tertiary/aromatic N) is 1. The minimum absolute atomic E-state index is 0.648. The van der Waals surface area contributed by atoms with Gasteiger partial charge in [0.1, 0.15) is 5.76 Å². The van der Waals surface area contributed by atoms with Gasteiger partial charge in [0.15, 0.2) is 5.89 Å². The Balaban J connectivity index is 1.75. The van der Waals surface area contributed by atoms with E-state index < -0.39 is 0 Å². The lowest BCUT2D eigenvalue weighted by Crippen LogP contribution is -2.17. The third kappa shape index (κ3) is 2.81. The molecule has 1 aromatic heterocycles. The van der Waals surface area contributed by atoms with Crippen LogP contribution in [0.3, 0.4) is 0 Å². The molecule has 2 rings (SSSR count). The molecule has 0 spiro atoms. The van der Waals surface area contributed by atoms with E-state index in [-0.39, 0.29) is 0 Å². The zero-order chi connectivity index (χ0) is 10.7. The summed E-state index contributed by atoms with van der Waals surface area (Å²) in [6, 6.07) is 0. The molecule has 0 amide bonds. The summed E-state index contributed by atoms with van der Waals surface area (Å²) < 4.78 is 5.71. The number of nitrogens with one attached hydrogen (secondary N) is 1. The van der Waals surface area contributed by atoms with Gasteiger partial charge < -0.3 is 9.73 Å². The molecule has 1 heterocycles. The highest BCUT2D eigenvalue weighted by Gasteiger charge is 2.36. The molecule has 84 valence electrons. The van der Waals surface area contributed by atoms with E-state index in [1.807, 2.05) is 6.20 Å². The van der Waals surface area contributed by atoms with Gasteiger partial charge in [-0.2, -0.15) is 0 Å². The fraction of sp³-hybridized carbons (Fsp3) is 0.750. The predicted molar refractivity (Wildman–Crippen MR) is 59.9 cm³/mol. The van der Waals surface area contributed by atoms with Crippen molar-refractivity contribution in [2.75, 3.05) is 13.1 Å². The van der Waals surface area contributed by atoms with Gasteiger partial charge in [0, 0.05) is 18.9 Å². The van der Waals surface area contributed by atoms with Gasteiger partial charge >= 0.3 is 0 Å². The second-order valence-corrected chi connectivity index (χ2v) is 4.48. The van der Waals surface area contributed by atoms with Crippen LogP contribution in [0.25, 0.3) is 0 Å². The van der Waals surface area contributed by atoms with Gasteiger partial charge in [0.2, 0.25) is 0 Å². The first kappa shape index (κ1) is 10.7. The Morgan fingerprint density at radius 2 is 2.33 bits per heavy atom. The highest BCUT2D eigenvalue weighted by molar-refractivity contribution is 5.11. The van der Waals surface area contributed by atoms with Crippen molar-refractivity contribution < 1.29 is 4.42 Å². The second kappa shape index (κ2) is 4.79. The maximum Gasteiger partial charge on any atom is 0.195 e. The Labute approximate surface area is 91.3 Å². The van der Waals surface area contributed by atoms with E-state index in [0.29, 0.717) is 5.92 Å².